The normalized spacial score (nSPS) is 10.8. The van der Waals surface area contributed by atoms with Crippen LogP contribution < -0.4 is 9.47 Å². The van der Waals surface area contributed by atoms with Crippen LogP contribution in [0.15, 0.2) is 60.2 Å². The molecule has 0 saturated heterocycles. The van der Waals surface area contributed by atoms with E-state index in [2.05, 4.69) is 15.3 Å². The smallest absolute Gasteiger partial charge is 0.335 e. The molecule has 1 aromatic heterocycles. The SMILES string of the molecule is COc1cccc(/C=N\n2cnnc2)c1OCc1ccc(C(=O)O)cc1. The molecule has 8 nitrogen and oxygen atoms in total. The second kappa shape index (κ2) is 7.93. The molecule has 0 aliphatic rings. The number of para-hydroxylation sites is 1. The molecule has 0 atom stereocenters. The predicted molar refractivity (Wildman–Crippen MR) is 93.7 cm³/mol. The summed E-state index contributed by atoms with van der Waals surface area (Å²) in [7, 11) is 1.56. The number of carboxylic acids is 1. The van der Waals surface area contributed by atoms with Crippen LogP contribution in [0.5, 0.6) is 11.5 Å². The van der Waals surface area contributed by atoms with Crippen LogP contribution in [0.3, 0.4) is 0 Å². The Morgan fingerprint density at radius 1 is 1.19 bits per heavy atom. The van der Waals surface area contributed by atoms with Crippen LogP contribution in [-0.4, -0.2) is 39.3 Å². The number of hydrogen-bond acceptors (Lipinski definition) is 6. The van der Waals surface area contributed by atoms with Crippen LogP contribution in [0.4, 0.5) is 0 Å². The van der Waals surface area contributed by atoms with Crippen LogP contribution in [0.25, 0.3) is 0 Å². The summed E-state index contributed by atoms with van der Waals surface area (Å²) >= 11 is 0. The van der Waals surface area contributed by atoms with E-state index in [1.54, 1.807) is 31.5 Å². The summed E-state index contributed by atoms with van der Waals surface area (Å²) in [5.41, 5.74) is 1.79. The molecule has 0 amide bonds. The molecular formula is C18H16N4O4. The second-order valence-electron chi connectivity index (χ2n) is 5.26. The van der Waals surface area contributed by atoms with Gasteiger partial charge in [0, 0.05) is 5.56 Å². The summed E-state index contributed by atoms with van der Waals surface area (Å²) in [4.78, 5) is 10.9. The highest BCUT2D eigenvalue weighted by molar-refractivity contribution is 5.87. The molecule has 3 aromatic rings. The molecule has 8 heteroatoms. The van der Waals surface area contributed by atoms with Gasteiger partial charge in [-0.25, -0.2) is 9.47 Å². The van der Waals surface area contributed by atoms with Gasteiger partial charge in [0.05, 0.1) is 18.9 Å². The molecule has 0 aliphatic heterocycles. The lowest BCUT2D eigenvalue weighted by Gasteiger charge is -2.13. The van der Waals surface area contributed by atoms with Gasteiger partial charge in [0.25, 0.3) is 0 Å². The largest absolute Gasteiger partial charge is 0.493 e. The number of benzene rings is 2. The van der Waals surface area contributed by atoms with E-state index >= 15 is 0 Å². The number of carboxylic acid groups (broad SMARTS) is 1. The summed E-state index contributed by atoms with van der Waals surface area (Å²) in [5, 5.41) is 20.6. The van der Waals surface area contributed by atoms with Gasteiger partial charge in [0.1, 0.15) is 19.3 Å². The average molecular weight is 352 g/mol. The number of aromatic carboxylic acids is 1. The Bertz CT molecular complexity index is 905. The maximum absolute atomic E-state index is 10.9. The maximum atomic E-state index is 10.9. The van der Waals surface area contributed by atoms with Crippen molar-refractivity contribution >= 4 is 12.2 Å². The standard InChI is InChI=1S/C18H16N4O4/c1-25-16-4-2-3-15(9-21-22-11-19-20-12-22)17(16)26-10-13-5-7-14(8-6-13)18(23)24/h2-9,11-12H,10H2,1H3,(H,23,24)/b21-9-. The predicted octanol–water partition coefficient (Wildman–Crippen LogP) is 2.45. The molecule has 0 unspecified atom stereocenters. The number of rotatable bonds is 7. The maximum Gasteiger partial charge on any atom is 0.335 e. The van der Waals surface area contributed by atoms with Gasteiger partial charge in [-0.15, -0.1) is 10.2 Å². The Morgan fingerprint density at radius 3 is 2.58 bits per heavy atom. The molecule has 132 valence electrons. The quantitative estimate of drug-likeness (QED) is 0.656. The first kappa shape index (κ1) is 17.2. The van der Waals surface area contributed by atoms with Crippen LogP contribution in [0.1, 0.15) is 21.5 Å². The molecule has 0 fully saturated rings. The third-order valence-corrected chi connectivity index (χ3v) is 3.55. The van der Waals surface area contributed by atoms with E-state index in [9.17, 15) is 4.79 Å². The van der Waals surface area contributed by atoms with E-state index in [0.29, 0.717) is 11.5 Å². The molecule has 0 saturated carbocycles. The average Bonchev–Trinajstić information content (AvgIpc) is 3.18. The molecule has 0 aliphatic carbocycles. The van der Waals surface area contributed by atoms with Gasteiger partial charge in [-0.2, -0.15) is 5.10 Å². The van der Waals surface area contributed by atoms with E-state index in [-0.39, 0.29) is 12.2 Å². The first-order valence-electron chi connectivity index (χ1n) is 7.68. The minimum atomic E-state index is -0.963. The van der Waals surface area contributed by atoms with Crippen molar-refractivity contribution in [1.82, 2.24) is 14.9 Å². The highest BCUT2D eigenvalue weighted by atomic mass is 16.5. The zero-order valence-corrected chi connectivity index (χ0v) is 13.9. The van der Waals surface area contributed by atoms with Gasteiger partial charge in [0.15, 0.2) is 11.5 Å². The lowest BCUT2D eigenvalue weighted by atomic mass is 10.1. The van der Waals surface area contributed by atoms with E-state index < -0.39 is 5.97 Å². The first-order valence-corrected chi connectivity index (χ1v) is 7.68. The minimum absolute atomic E-state index is 0.229. The molecule has 26 heavy (non-hydrogen) atoms. The molecule has 3 rings (SSSR count). The highest BCUT2D eigenvalue weighted by Gasteiger charge is 2.10. The van der Waals surface area contributed by atoms with Crippen molar-refractivity contribution in [3.8, 4) is 11.5 Å². The Balaban J connectivity index is 1.80. The van der Waals surface area contributed by atoms with Gasteiger partial charge < -0.3 is 14.6 Å². The Kier molecular flexibility index (Phi) is 5.23. The fourth-order valence-corrected chi connectivity index (χ4v) is 2.23. The molecular weight excluding hydrogens is 336 g/mol. The van der Waals surface area contributed by atoms with Crippen molar-refractivity contribution in [3.05, 3.63) is 71.8 Å². The third kappa shape index (κ3) is 4.04. The van der Waals surface area contributed by atoms with Crippen LogP contribution in [0, 0.1) is 0 Å². The van der Waals surface area contributed by atoms with Gasteiger partial charge >= 0.3 is 5.97 Å². The van der Waals surface area contributed by atoms with Crippen molar-refractivity contribution in [2.45, 2.75) is 6.61 Å². The van der Waals surface area contributed by atoms with Crippen LogP contribution >= 0.6 is 0 Å². The topological polar surface area (TPSA) is 98.8 Å². The van der Waals surface area contributed by atoms with E-state index in [0.717, 1.165) is 11.1 Å². The van der Waals surface area contributed by atoms with Gasteiger partial charge in [0.2, 0.25) is 0 Å². The van der Waals surface area contributed by atoms with E-state index in [1.165, 1.54) is 29.5 Å². The number of carbonyl (C=O) groups is 1. The number of hydrogen-bond donors (Lipinski definition) is 1. The molecule has 1 heterocycles. The Morgan fingerprint density at radius 2 is 1.92 bits per heavy atom. The summed E-state index contributed by atoms with van der Waals surface area (Å²) in [6.45, 7) is 0.258. The molecule has 0 radical (unpaired) electrons. The zero-order valence-electron chi connectivity index (χ0n) is 13.9. The van der Waals surface area contributed by atoms with Crippen molar-refractivity contribution in [1.29, 1.82) is 0 Å². The third-order valence-electron chi connectivity index (χ3n) is 3.55. The number of ether oxygens (including phenoxy) is 2. The van der Waals surface area contributed by atoms with Crippen molar-refractivity contribution in [3.63, 3.8) is 0 Å². The lowest BCUT2D eigenvalue weighted by molar-refractivity contribution is 0.0697. The van der Waals surface area contributed by atoms with Crippen LogP contribution in [-0.2, 0) is 6.61 Å². The van der Waals surface area contributed by atoms with Crippen molar-refractivity contribution in [2.75, 3.05) is 7.11 Å². The van der Waals surface area contributed by atoms with Gasteiger partial charge in [-0.3, -0.25) is 0 Å². The van der Waals surface area contributed by atoms with E-state index in [4.69, 9.17) is 14.6 Å². The Hall–Kier alpha value is -3.68. The van der Waals surface area contributed by atoms with E-state index in [1.807, 2.05) is 12.1 Å². The van der Waals surface area contributed by atoms with Crippen molar-refractivity contribution < 1.29 is 19.4 Å². The fraction of sp³-hybridized carbons (Fsp3) is 0.111. The minimum Gasteiger partial charge on any atom is -0.493 e. The zero-order chi connectivity index (χ0) is 18.4. The molecule has 0 spiro atoms. The fourth-order valence-electron chi connectivity index (χ4n) is 2.23. The lowest BCUT2D eigenvalue weighted by Crippen LogP contribution is -2.02. The number of aromatic nitrogens is 3. The van der Waals surface area contributed by atoms with Crippen molar-refractivity contribution in [2.24, 2.45) is 5.10 Å². The Labute approximate surface area is 149 Å². The summed E-state index contributed by atoms with van der Waals surface area (Å²) in [6.07, 6.45) is 4.57. The second-order valence-corrected chi connectivity index (χ2v) is 5.26. The number of nitrogens with zero attached hydrogens (tertiary/aromatic N) is 4. The first-order chi connectivity index (χ1) is 12.7. The van der Waals surface area contributed by atoms with Gasteiger partial charge in [-0.1, -0.05) is 18.2 Å². The number of methoxy groups -OCH3 is 1. The molecule has 0 bridgehead atoms. The molecule has 2 aromatic carbocycles. The van der Waals surface area contributed by atoms with Crippen LogP contribution in [0.2, 0.25) is 0 Å². The summed E-state index contributed by atoms with van der Waals surface area (Å²) in [6, 6.07) is 12.0. The summed E-state index contributed by atoms with van der Waals surface area (Å²) in [5.74, 6) is 0.142. The molecule has 1 N–H and O–H groups in total. The monoisotopic (exact) mass is 352 g/mol. The summed E-state index contributed by atoms with van der Waals surface area (Å²) < 4.78 is 12.7. The van der Waals surface area contributed by atoms with Gasteiger partial charge in [-0.05, 0) is 29.8 Å². The highest BCUT2D eigenvalue weighted by Crippen LogP contribution is 2.31.